The largest absolute Gasteiger partial charge is 0.494 e. The number of hydrogen-bond acceptors (Lipinski definition) is 13. The molecular weight excluding hydrogens is 873 g/mol. The molecule has 1 aliphatic heterocycles. The summed E-state index contributed by atoms with van der Waals surface area (Å²) < 4.78 is 47.4. The van der Waals surface area contributed by atoms with Crippen LogP contribution in [0.2, 0.25) is 50.4 Å². The van der Waals surface area contributed by atoms with Gasteiger partial charge >= 0.3 is 34.2 Å². The monoisotopic (exact) mass is 942 g/mol. The number of aliphatic hydroxyl groups is 3. The standard InChI is InChI=1S/C46H70O13Si4/c1-12-31-60(8)56-61(9,32-13-28-53-38-22-16-35(17-23-38)41(47)44(2,3)50)58-63(11,34-15-30-55-40-26-20-37(21-27-40)43(49)46(6,7)52)59-62(10,57-60)33-14-29-54-39-24-18-36(19-25-39)42(48)45(4,5)51/h16-27,50-52H,12-15,28-34H2,1-11H3. The molecule has 1 saturated heterocycles. The summed E-state index contributed by atoms with van der Waals surface area (Å²) >= 11 is 0. The molecule has 0 saturated carbocycles. The van der Waals surface area contributed by atoms with E-state index >= 15 is 0 Å². The fourth-order valence-corrected chi connectivity index (χ4v) is 31.0. The maximum atomic E-state index is 12.5. The van der Waals surface area contributed by atoms with Crippen molar-refractivity contribution in [3.05, 3.63) is 89.5 Å². The first-order valence-electron chi connectivity index (χ1n) is 22.0. The Balaban J connectivity index is 1.48. The lowest BCUT2D eigenvalue weighted by atomic mass is 9.97. The summed E-state index contributed by atoms with van der Waals surface area (Å²) in [5.41, 5.74) is -3.17. The van der Waals surface area contributed by atoms with E-state index in [1.807, 2.05) is 0 Å². The van der Waals surface area contributed by atoms with E-state index in [0.29, 0.717) is 91.2 Å². The fourth-order valence-electron chi connectivity index (χ4n) is 7.69. The van der Waals surface area contributed by atoms with E-state index in [1.165, 1.54) is 41.5 Å². The number of Topliss-reactive ketones (excluding diaryl/α,β-unsaturated/α-hetero) is 3. The maximum Gasteiger partial charge on any atom is 0.317 e. The molecule has 4 rings (SSSR count). The smallest absolute Gasteiger partial charge is 0.317 e. The number of ether oxygens (including phenoxy) is 3. The zero-order valence-corrected chi connectivity index (χ0v) is 43.1. The Morgan fingerprint density at radius 3 is 0.873 bits per heavy atom. The van der Waals surface area contributed by atoms with Crippen LogP contribution < -0.4 is 14.2 Å². The molecule has 3 aromatic carbocycles. The minimum atomic E-state index is -3.02. The predicted octanol–water partition coefficient (Wildman–Crippen LogP) is 9.03. The van der Waals surface area contributed by atoms with Gasteiger partial charge in [0.15, 0.2) is 17.3 Å². The molecule has 348 valence electrons. The zero-order chi connectivity index (χ0) is 46.9. The van der Waals surface area contributed by atoms with Crippen LogP contribution in [0.5, 0.6) is 17.2 Å². The predicted molar refractivity (Wildman–Crippen MR) is 252 cm³/mol. The fraction of sp³-hybridized carbons (Fsp3) is 0.543. The highest BCUT2D eigenvalue weighted by molar-refractivity contribution is 6.93. The third-order valence-corrected chi connectivity index (χ3v) is 29.6. The molecule has 0 aromatic heterocycles. The molecule has 0 bridgehead atoms. The number of carbonyl (C=O) groups is 3. The summed E-state index contributed by atoms with van der Waals surface area (Å²) in [6.07, 6.45) is 2.82. The number of hydrogen-bond donors (Lipinski definition) is 3. The summed E-state index contributed by atoms with van der Waals surface area (Å²) in [4.78, 5) is 37.5. The van der Waals surface area contributed by atoms with Gasteiger partial charge in [0.05, 0.1) is 19.8 Å². The van der Waals surface area contributed by atoms with Crippen LogP contribution in [0.3, 0.4) is 0 Å². The number of carbonyl (C=O) groups excluding carboxylic acids is 3. The lowest BCUT2D eigenvalue weighted by Crippen LogP contribution is -2.67. The van der Waals surface area contributed by atoms with Crippen LogP contribution >= 0.6 is 0 Å². The van der Waals surface area contributed by atoms with Crippen molar-refractivity contribution in [3.63, 3.8) is 0 Å². The molecule has 0 spiro atoms. The van der Waals surface area contributed by atoms with Gasteiger partial charge in [0.1, 0.15) is 34.1 Å². The van der Waals surface area contributed by atoms with Gasteiger partial charge in [0.2, 0.25) is 0 Å². The van der Waals surface area contributed by atoms with E-state index in [1.54, 1.807) is 72.8 Å². The zero-order valence-electron chi connectivity index (χ0n) is 39.1. The van der Waals surface area contributed by atoms with Gasteiger partial charge in [-0.15, -0.1) is 0 Å². The highest BCUT2D eigenvalue weighted by Crippen LogP contribution is 2.39. The van der Waals surface area contributed by atoms with Crippen molar-refractivity contribution >= 4 is 51.6 Å². The SMILES string of the molecule is CCC[Si]1(C)O[Si](C)(CCCOc2ccc(C(=O)C(C)(C)O)cc2)O[Si](C)(CCCOc2ccc(C(=O)C(C)(C)O)cc2)O[Si](C)(CCCOc2ccc(C(=O)C(C)(C)O)cc2)O1. The lowest BCUT2D eigenvalue weighted by molar-refractivity contribution is 0.0487. The van der Waals surface area contributed by atoms with E-state index < -0.39 is 51.0 Å². The van der Waals surface area contributed by atoms with Crippen molar-refractivity contribution in [1.29, 1.82) is 0 Å². The first-order chi connectivity index (χ1) is 29.2. The number of ketones is 3. The van der Waals surface area contributed by atoms with Crippen LogP contribution in [0.15, 0.2) is 72.8 Å². The molecule has 1 aliphatic rings. The molecule has 2 unspecified atom stereocenters. The van der Waals surface area contributed by atoms with E-state index in [9.17, 15) is 29.7 Å². The van der Waals surface area contributed by atoms with Crippen LogP contribution in [-0.2, 0) is 16.5 Å². The quantitative estimate of drug-likeness (QED) is 0.0467. The molecule has 0 amide bonds. The molecule has 3 aromatic rings. The van der Waals surface area contributed by atoms with Gasteiger partial charge in [0.25, 0.3) is 0 Å². The van der Waals surface area contributed by atoms with Crippen molar-refractivity contribution < 1.29 is 60.4 Å². The third-order valence-electron chi connectivity index (χ3n) is 10.6. The lowest BCUT2D eigenvalue weighted by Gasteiger charge is -2.50. The highest BCUT2D eigenvalue weighted by atomic mass is 28.5. The summed E-state index contributed by atoms with van der Waals surface area (Å²) in [5.74, 6) is 0.759. The van der Waals surface area contributed by atoms with Crippen molar-refractivity contribution in [2.24, 2.45) is 0 Å². The molecule has 63 heavy (non-hydrogen) atoms. The van der Waals surface area contributed by atoms with Gasteiger partial charge in [-0.25, -0.2) is 0 Å². The summed E-state index contributed by atoms with van der Waals surface area (Å²) in [6, 6.07) is 23.0. The molecule has 13 nitrogen and oxygen atoms in total. The third kappa shape index (κ3) is 15.9. The van der Waals surface area contributed by atoms with Gasteiger partial charge in [-0.2, -0.15) is 0 Å². The van der Waals surface area contributed by atoms with Crippen LogP contribution in [0, 0.1) is 0 Å². The minimum absolute atomic E-state index is 0.360. The van der Waals surface area contributed by atoms with E-state index in [2.05, 4.69) is 33.1 Å². The second-order valence-corrected chi connectivity index (χ2v) is 33.1. The van der Waals surface area contributed by atoms with Crippen LogP contribution in [0.1, 0.15) is 105 Å². The van der Waals surface area contributed by atoms with E-state index in [-0.39, 0.29) is 17.3 Å². The van der Waals surface area contributed by atoms with Crippen molar-refractivity contribution in [2.45, 2.75) is 141 Å². The molecule has 1 fully saturated rings. The Labute approximate surface area is 378 Å². The van der Waals surface area contributed by atoms with Crippen molar-refractivity contribution in [1.82, 2.24) is 0 Å². The van der Waals surface area contributed by atoms with Crippen LogP contribution in [0.25, 0.3) is 0 Å². The van der Waals surface area contributed by atoms with Gasteiger partial charge in [-0.3, -0.25) is 14.4 Å². The maximum absolute atomic E-state index is 12.5. The number of rotatable bonds is 23. The van der Waals surface area contributed by atoms with Gasteiger partial charge in [0, 0.05) is 16.7 Å². The van der Waals surface area contributed by atoms with Gasteiger partial charge < -0.3 is 46.0 Å². The molecular formula is C46H70O13Si4. The Bertz CT molecular complexity index is 1880. The molecule has 17 heteroatoms. The topological polar surface area (TPSA) is 177 Å². The summed E-state index contributed by atoms with van der Waals surface area (Å²) in [6.45, 7) is 20.6. The van der Waals surface area contributed by atoms with E-state index in [4.69, 9.17) is 30.7 Å². The van der Waals surface area contributed by atoms with Gasteiger partial charge in [-0.05, 0) is 184 Å². The molecule has 0 aliphatic carbocycles. The van der Waals surface area contributed by atoms with E-state index in [0.717, 1.165) is 12.5 Å². The first-order valence-corrected chi connectivity index (χ1v) is 32.1. The second kappa shape index (κ2) is 21.3. The first kappa shape index (κ1) is 52.3. The van der Waals surface area contributed by atoms with Crippen molar-refractivity contribution in [2.75, 3.05) is 19.8 Å². The average molecular weight is 943 g/mol. The molecule has 3 N–H and O–H groups in total. The van der Waals surface area contributed by atoms with Crippen LogP contribution in [0.4, 0.5) is 0 Å². The second-order valence-electron chi connectivity index (χ2n) is 18.8. The van der Waals surface area contributed by atoms with Crippen molar-refractivity contribution in [3.8, 4) is 17.2 Å². The van der Waals surface area contributed by atoms with Gasteiger partial charge in [-0.1, -0.05) is 13.3 Å². The Morgan fingerprint density at radius 1 is 0.444 bits per heavy atom. The number of benzene rings is 3. The Morgan fingerprint density at radius 2 is 0.667 bits per heavy atom. The summed E-state index contributed by atoms with van der Waals surface area (Å²) in [7, 11) is -11.7. The highest BCUT2D eigenvalue weighted by Gasteiger charge is 2.56. The Kier molecular flexibility index (Phi) is 17.7. The summed E-state index contributed by atoms with van der Waals surface area (Å²) in [5, 5.41) is 30.4. The molecule has 1 heterocycles. The molecule has 2 atom stereocenters. The molecule has 0 radical (unpaired) electrons. The minimum Gasteiger partial charge on any atom is -0.494 e. The Hall–Kier alpha value is -3.34. The normalized spacial score (nSPS) is 23.3. The average Bonchev–Trinajstić information content (AvgIpc) is 3.18. The van der Waals surface area contributed by atoms with Crippen LogP contribution in [-0.4, -0.2) is 104 Å².